The Kier molecular flexibility index (Phi) is 6.21. The number of amides is 1. The Labute approximate surface area is 146 Å². The van der Waals surface area contributed by atoms with Crippen molar-refractivity contribution in [2.75, 3.05) is 6.61 Å². The molecule has 0 aliphatic carbocycles. The number of halogens is 1. The Morgan fingerprint density at radius 3 is 2.71 bits per heavy atom. The van der Waals surface area contributed by atoms with Crippen LogP contribution in [-0.2, 0) is 4.79 Å². The van der Waals surface area contributed by atoms with Crippen LogP contribution < -0.4 is 10.2 Å². The lowest BCUT2D eigenvalue weighted by Crippen LogP contribution is -2.25. The second-order valence-corrected chi connectivity index (χ2v) is 5.67. The van der Waals surface area contributed by atoms with E-state index in [1.54, 1.807) is 43.5 Å². The Morgan fingerprint density at radius 2 is 2.08 bits per heavy atom. The predicted molar refractivity (Wildman–Crippen MR) is 95.4 cm³/mol. The number of nitrogens with zero attached hydrogens (tertiary/aromatic N) is 1. The van der Waals surface area contributed by atoms with Crippen molar-refractivity contribution >= 4 is 29.3 Å². The number of allylic oxidation sites excluding steroid dienone is 1. The van der Waals surface area contributed by atoms with Crippen molar-refractivity contribution in [3.63, 3.8) is 0 Å². The topological polar surface area (TPSA) is 63.8 Å². The standard InChI is InChI=1S/C18H19ClN2O3/c1-12-9-16(10-13(2)18(12)19)24-11-17(22)21-20-14(3)6-7-15-5-4-8-23-15/h4-10H,11H2,1-3H3,(H,21,22)/b7-6+,20-14+. The maximum absolute atomic E-state index is 11.8. The third-order valence-electron chi connectivity index (χ3n) is 3.17. The van der Waals surface area contributed by atoms with Crippen molar-refractivity contribution in [1.82, 2.24) is 5.43 Å². The highest BCUT2D eigenvalue weighted by Gasteiger charge is 2.06. The highest BCUT2D eigenvalue weighted by atomic mass is 35.5. The summed E-state index contributed by atoms with van der Waals surface area (Å²) in [5.41, 5.74) is 4.89. The fraction of sp³-hybridized carbons (Fsp3) is 0.222. The summed E-state index contributed by atoms with van der Waals surface area (Å²) in [6.45, 7) is 5.42. The molecule has 0 unspecified atom stereocenters. The Bertz CT molecular complexity index is 742. The van der Waals surface area contributed by atoms with Crippen LogP contribution in [0.25, 0.3) is 6.08 Å². The lowest BCUT2D eigenvalue weighted by Gasteiger charge is -2.09. The number of aryl methyl sites for hydroxylation is 2. The maximum Gasteiger partial charge on any atom is 0.277 e. The van der Waals surface area contributed by atoms with Crippen molar-refractivity contribution in [3.8, 4) is 5.75 Å². The van der Waals surface area contributed by atoms with Gasteiger partial charge < -0.3 is 9.15 Å². The summed E-state index contributed by atoms with van der Waals surface area (Å²) in [6, 6.07) is 7.21. The molecule has 0 atom stereocenters. The van der Waals surface area contributed by atoms with E-state index in [0.717, 1.165) is 11.1 Å². The van der Waals surface area contributed by atoms with Crippen molar-refractivity contribution < 1.29 is 13.9 Å². The smallest absolute Gasteiger partial charge is 0.277 e. The van der Waals surface area contributed by atoms with Gasteiger partial charge in [0.25, 0.3) is 5.91 Å². The van der Waals surface area contributed by atoms with Gasteiger partial charge in [-0.15, -0.1) is 0 Å². The highest BCUT2D eigenvalue weighted by Crippen LogP contribution is 2.25. The van der Waals surface area contributed by atoms with E-state index >= 15 is 0 Å². The molecule has 0 bridgehead atoms. The number of furan rings is 1. The van der Waals surface area contributed by atoms with Gasteiger partial charge in [-0.2, -0.15) is 5.10 Å². The normalized spacial score (nSPS) is 11.8. The van der Waals surface area contributed by atoms with Crippen LogP contribution in [0.4, 0.5) is 0 Å². The molecule has 0 aliphatic rings. The van der Waals surface area contributed by atoms with Crippen molar-refractivity contribution in [2.24, 2.45) is 5.10 Å². The van der Waals surface area contributed by atoms with Crippen LogP contribution in [0.15, 0.2) is 46.1 Å². The summed E-state index contributed by atoms with van der Waals surface area (Å²) in [4.78, 5) is 11.8. The second kappa shape index (κ2) is 8.36. The average molecular weight is 347 g/mol. The molecule has 1 heterocycles. The molecule has 1 amide bonds. The molecule has 1 aromatic heterocycles. The predicted octanol–water partition coefficient (Wildman–Crippen LogP) is 4.13. The molecular weight excluding hydrogens is 328 g/mol. The van der Waals surface area contributed by atoms with E-state index in [0.29, 0.717) is 22.2 Å². The number of hydrazone groups is 1. The van der Waals surface area contributed by atoms with E-state index in [9.17, 15) is 4.79 Å². The Balaban J connectivity index is 1.84. The fourth-order valence-corrected chi connectivity index (χ4v) is 2.06. The largest absolute Gasteiger partial charge is 0.484 e. The molecule has 0 aliphatic heterocycles. The van der Waals surface area contributed by atoms with Crippen LogP contribution >= 0.6 is 11.6 Å². The molecule has 126 valence electrons. The SMILES string of the molecule is CC(/C=C/c1ccco1)=N\NC(=O)COc1cc(C)c(Cl)c(C)c1. The lowest BCUT2D eigenvalue weighted by molar-refractivity contribution is -0.123. The van der Waals surface area contributed by atoms with Gasteiger partial charge in [0, 0.05) is 5.02 Å². The van der Waals surface area contributed by atoms with Crippen LogP contribution in [0.1, 0.15) is 23.8 Å². The van der Waals surface area contributed by atoms with Gasteiger partial charge in [0.2, 0.25) is 0 Å². The molecule has 24 heavy (non-hydrogen) atoms. The van der Waals surface area contributed by atoms with Gasteiger partial charge in [0.05, 0.1) is 12.0 Å². The number of hydrogen-bond acceptors (Lipinski definition) is 4. The molecule has 6 heteroatoms. The minimum Gasteiger partial charge on any atom is -0.484 e. The number of carbonyl (C=O) groups excluding carboxylic acids is 1. The molecule has 0 spiro atoms. The van der Waals surface area contributed by atoms with E-state index in [2.05, 4.69) is 10.5 Å². The molecule has 0 saturated heterocycles. The average Bonchev–Trinajstić information content (AvgIpc) is 3.07. The van der Waals surface area contributed by atoms with E-state index in [4.69, 9.17) is 20.8 Å². The molecule has 1 aromatic carbocycles. The second-order valence-electron chi connectivity index (χ2n) is 5.30. The minimum atomic E-state index is -0.342. The van der Waals surface area contributed by atoms with Gasteiger partial charge in [0.1, 0.15) is 11.5 Å². The van der Waals surface area contributed by atoms with Gasteiger partial charge >= 0.3 is 0 Å². The summed E-state index contributed by atoms with van der Waals surface area (Å²) in [5.74, 6) is 0.974. The van der Waals surface area contributed by atoms with E-state index in [1.807, 2.05) is 19.9 Å². The Hall–Kier alpha value is -2.53. The summed E-state index contributed by atoms with van der Waals surface area (Å²) < 4.78 is 10.6. The molecule has 0 radical (unpaired) electrons. The summed E-state index contributed by atoms with van der Waals surface area (Å²) in [7, 11) is 0. The molecule has 0 saturated carbocycles. The van der Waals surface area contributed by atoms with Crippen LogP contribution in [-0.4, -0.2) is 18.2 Å². The Morgan fingerprint density at radius 1 is 1.38 bits per heavy atom. The third-order valence-corrected chi connectivity index (χ3v) is 3.77. The van der Waals surface area contributed by atoms with E-state index in [-0.39, 0.29) is 12.5 Å². The van der Waals surface area contributed by atoms with E-state index < -0.39 is 0 Å². The summed E-state index contributed by atoms with van der Waals surface area (Å²) in [5, 5.41) is 4.68. The van der Waals surface area contributed by atoms with Crippen LogP contribution in [0.5, 0.6) is 5.75 Å². The third kappa shape index (κ3) is 5.28. The number of benzene rings is 1. The van der Waals surface area contributed by atoms with Crippen molar-refractivity contribution in [3.05, 3.63) is 58.5 Å². The first-order chi connectivity index (χ1) is 11.5. The minimum absolute atomic E-state index is 0.126. The van der Waals surface area contributed by atoms with Gasteiger partial charge in [0.15, 0.2) is 6.61 Å². The van der Waals surface area contributed by atoms with Gasteiger partial charge in [-0.1, -0.05) is 11.6 Å². The van der Waals surface area contributed by atoms with Crippen molar-refractivity contribution in [1.29, 1.82) is 0 Å². The maximum atomic E-state index is 11.8. The first-order valence-corrected chi connectivity index (χ1v) is 7.78. The monoisotopic (exact) mass is 346 g/mol. The van der Waals surface area contributed by atoms with Gasteiger partial charge in [-0.25, -0.2) is 5.43 Å². The molecular formula is C18H19ClN2O3. The number of nitrogens with one attached hydrogen (secondary N) is 1. The quantitative estimate of drug-likeness (QED) is 0.631. The fourth-order valence-electron chi connectivity index (χ4n) is 1.95. The van der Waals surface area contributed by atoms with Crippen LogP contribution in [0, 0.1) is 13.8 Å². The highest BCUT2D eigenvalue weighted by molar-refractivity contribution is 6.32. The zero-order valence-corrected chi connectivity index (χ0v) is 14.6. The lowest BCUT2D eigenvalue weighted by atomic mass is 10.1. The van der Waals surface area contributed by atoms with Crippen molar-refractivity contribution in [2.45, 2.75) is 20.8 Å². The first-order valence-electron chi connectivity index (χ1n) is 7.40. The van der Waals surface area contributed by atoms with E-state index in [1.165, 1.54) is 0 Å². The van der Waals surface area contributed by atoms with Gasteiger partial charge in [-0.3, -0.25) is 4.79 Å². The molecule has 1 N–H and O–H groups in total. The molecule has 0 fully saturated rings. The molecule has 2 rings (SSSR count). The number of ether oxygens (including phenoxy) is 1. The van der Waals surface area contributed by atoms with Gasteiger partial charge in [-0.05, 0) is 68.3 Å². The van der Waals surface area contributed by atoms with Crippen LogP contribution in [0.3, 0.4) is 0 Å². The first kappa shape index (κ1) is 17.8. The number of hydrogen-bond donors (Lipinski definition) is 1. The number of rotatable bonds is 6. The van der Waals surface area contributed by atoms with Crippen LogP contribution in [0.2, 0.25) is 5.02 Å². The summed E-state index contributed by atoms with van der Waals surface area (Å²) in [6.07, 6.45) is 5.10. The zero-order chi connectivity index (χ0) is 17.5. The number of carbonyl (C=O) groups is 1. The zero-order valence-electron chi connectivity index (χ0n) is 13.8. The molecule has 2 aromatic rings. The molecule has 5 nitrogen and oxygen atoms in total. The summed E-state index contributed by atoms with van der Waals surface area (Å²) >= 11 is 6.10.